The van der Waals surface area contributed by atoms with Gasteiger partial charge in [0, 0.05) is 5.54 Å². The maximum absolute atomic E-state index is 13.6. The Morgan fingerprint density at radius 1 is 1.03 bits per heavy atom. The van der Waals surface area contributed by atoms with E-state index in [0.717, 1.165) is 31.5 Å². The molecule has 6 N–H and O–H groups in total. The number of benzene rings is 2. The van der Waals surface area contributed by atoms with Gasteiger partial charge >= 0.3 is 6.18 Å². The Labute approximate surface area is 181 Å². The highest BCUT2D eigenvalue weighted by Gasteiger charge is 2.40. The Hall–Kier alpha value is -2.87. The van der Waals surface area contributed by atoms with E-state index in [1.165, 1.54) is 6.07 Å². The predicted octanol–water partition coefficient (Wildman–Crippen LogP) is 1.74. The first-order chi connectivity index (χ1) is 15.0. The molecule has 1 fully saturated rings. The van der Waals surface area contributed by atoms with Gasteiger partial charge in [-0.25, -0.2) is 13.6 Å². The quantitative estimate of drug-likeness (QED) is 0.456. The Morgan fingerprint density at radius 3 is 2.22 bits per heavy atom. The lowest BCUT2D eigenvalue weighted by molar-refractivity contribution is -0.139. The molecule has 1 aliphatic heterocycles. The zero-order chi connectivity index (χ0) is 23.1. The van der Waals surface area contributed by atoms with Gasteiger partial charge in [0.2, 0.25) is 15.8 Å². The molecule has 1 aromatic heterocycles. The summed E-state index contributed by atoms with van der Waals surface area (Å²) >= 11 is 0. The number of tetrazole rings is 1. The average Bonchev–Trinajstić information content (AvgIpc) is 3.27. The van der Waals surface area contributed by atoms with Gasteiger partial charge in [0.15, 0.2) is 0 Å². The number of H-pyrrole nitrogens is 1. The highest BCUT2D eigenvalue weighted by molar-refractivity contribution is 7.89. The summed E-state index contributed by atoms with van der Waals surface area (Å²) < 4.78 is 65.4. The molecule has 1 aliphatic rings. The molecule has 0 bridgehead atoms. The second-order valence-electron chi connectivity index (χ2n) is 7.63. The predicted molar refractivity (Wildman–Crippen MR) is 109 cm³/mol. The summed E-state index contributed by atoms with van der Waals surface area (Å²) in [5.41, 5.74) is 5.71. The van der Waals surface area contributed by atoms with Gasteiger partial charge in [0.1, 0.15) is 4.90 Å². The van der Waals surface area contributed by atoms with Gasteiger partial charge in [-0.15, -0.1) is 10.2 Å². The minimum atomic E-state index is -4.97. The average molecular weight is 467 g/mol. The van der Waals surface area contributed by atoms with Crippen LogP contribution in [-0.2, 0) is 21.7 Å². The largest absolute Gasteiger partial charge is 0.417 e. The number of hydrogen-bond acceptors (Lipinski definition) is 7. The topological polar surface area (TPSA) is 153 Å². The summed E-state index contributed by atoms with van der Waals surface area (Å²) in [5, 5.41) is 21.4. The van der Waals surface area contributed by atoms with Crippen molar-refractivity contribution in [3.05, 3.63) is 47.5 Å². The molecule has 0 unspecified atom stereocenters. The van der Waals surface area contributed by atoms with Crippen LogP contribution in [-0.4, -0.2) is 42.1 Å². The Morgan fingerprint density at radius 2 is 1.69 bits per heavy atom. The summed E-state index contributed by atoms with van der Waals surface area (Å²) in [6.07, 6.45) is -3.50. The van der Waals surface area contributed by atoms with Crippen molar-refractivity contribution in [1.29, 1.82) is 0 Å². The number of nitrogens with two attached hydrogens (primary N) is 2. The van der Waals surface area contributed by atoms with Crippen LogP contribution in [0.3, 0.4) is 0 Å². The Balaban J connectivity index is 1.92. The first-order valence-electron chi connectivity index (χ1n) is 9.62. The van der Waals surface area contributed by atoms with Crippen LogP contribution >= 0.6 is 0 Å². The molecule has 0 atom stereocenters. The fourth-order valence-corrected chi connectivity index (χ4v) is 4.95. The van der Waals surface area contributed by atoms with Crippen molar-refractivity contribution in [2.75, 3.05) is 13.1 Å². The molecule has 3 aromatic rings. The normalized spacial score (nSPS) is 16.8. The number of piperidine rings is 1. The SMILES string of the molecule is NC1(c2ccc(-c3ccc(C(F)(F)F)c(S(N)(=O)=O)c3-c3nn[nH]n3)cc2)CCNCC1. The lowest BCUT2D eigenvalue weighted by Gasteiger charge is -2.34. The molecule has 0 aliphatic carbocycles. The molecule has 2 aromatic carbocycles. The van der Waals surface area contributed by atoms with Crippen LogP contribution in [0.4, 0.5) is 13.2 Å². The molecule has 0 radical (unpaired) electrons. The van der Waals surface area contributed by atoms with Crippen molar-refractivity contribution < 1.29 is 21.6 Å². The van der Waals surface area contributed by atoms with Crippen LogP contribution in [0.5, 0.6) is 0 Å². The molecular weight excluding hydrogens is 447 g/mol. The molecule has 32 heavy (non-hydrogen) atoms. The molecule has 170 valence electrons. The van der Waals surface area contributed by atoms with Gasteiger partial charge < -0.3 is 11.1 Å². The summed E-state index contributed by atoms with van der Waals surface area (Å²) in [5.74, 6) is -0.326. The second-order valence-corrected chi connectivity index (χ2v) is 9.12. The van der Waals surface area contributed by atoms with Crippen molar-refractivity contribution in [2.45, 2.75) is 29.5 Å². The fraction of sp³-hybridized carbons (Fsp3) is 0.316. The number of nitrogens with zero attached hydrogens (tertiary/aromatic N) is 3. The number of sulfonamides is 1. The molecule has 0 saturated carbocycles. The van der Waals surface area contributed by atoms with Gasteiger partial charge in [-0.05, 0) is 53.9 Å². The van der Waals surface area contributed by atoms with Crippen LogP contribution in [0, 0.1) is 0 Å². The minimum Gasteiger partial charge on any atom is -0.321 e. The number of aromatic amines is 1. The van der Waals surface area contributed by atoms with Crippen molar-refractivity contribution in [1.82, 2.24) is 25.9 Å². The van der Waals surface area contributed by atoms with Crippen LogP contribution < -0.4 is 16.2 Å². The summed E-state index contributed by atoms with van der Waals surface area (Å²) in [6.45, 7) is 1.55. The lowest BCUT2D eigenvalue weighted by atomic mass is 9.82. The zero-order valence-electron chi connectivity index (χ0n) is 16.6. The Bertz CT molecular complexity index is 1220. The van der Waals surface area contributed by atoms with Gasteiger partial charge in [0.05, 0.1) is 11.1 Å². The monoisotopic (exact) mass is 467 g/mol. The highest BCUT2D eigenvalue weighted by atomic mass is 32.2. The molecule has 0 spiro atoms. The van der Waals surface area contributed by atoms with E-state index >= 15 is 0 Å². The van der Waals surface area contributed by atoms with Gasteiger partial charge in [0.25, 0.3) is 0 Å². The van der Waals surface area contributed by atoms with Crippen molar-refractivity contribution in [3.63, 3.8) is 0 Å². The lowest BCUT2D eigenvalue weighted by Crippen LogP contribution is -2.46. The molecule has 4 rings (SSSR count). The van der Waals surface area contributed by atoms with Crippen molar-refractivity contribution in [2.24, 2.45) is 10.9 Å². The molecule has 0 amide bonds. The number of primary sulfonamides is 1. The van der Waals surface area contributed by atoms with Gasteiger partial charge in [-0.1, -0.05) is 30.3 Å². The first kappa shape index (κ1) is 22.3. The van der Waals surface area contributed by atoms with E-state index in [0.29, 0.717) is 11.6 Å². The van der Waals surface area contributed by atoms with E-state index < -0.39 is 32.2 Å². The smallest absolute Gasteiger partial charge is 0.321 e. The zero-order valence-corrected chi connectivity index (χ0v) is 17.5. The van der Waals surface area contributed by atoms with E-state index in [4.69, 9.17) is 10.9 Å². The maximum Gasteiger partial charge on any atom is 0.417 e. The van der Waals surface area contributed by atoms with Crippen LogP contribution in [0.15, 0.2) is 41.3 Å². The third-order valence-corrected chi connectivity index (χ3v) is 6.58. The standard InChI is InChI=1S/C19H20F3N7O2S/c20-19(21,22)14-6-5-13(15(16(14)32(24,30)31)17-26-28-29-27-17)11-1-3-12(4-2-11)18(23)7-9-25-10-8-18/h1-6,25H,7-10,23H2,(H2,24,30,31)(H,26,27,28,29). The summed E-state index contributed by atoms with van der Waals surface area (Å²) in [7, 11) is -4.81. The second kappa shape index (κ2) is 7.92. The van der Waals surface area contributed by atoms with E-state index in [-0.39, 0.29) is 17.0 Å². The molecule has 1 saturated heterocycles. The van der Waals surface area contributed by atoms with Crippen LogP contribution in [0.25, 0.3) is 22.5 Å². The number of hydrogen-bond donors (Lipinski definition) is 4. The number of aromatic nitrogens is 4. The van der Waals surface area contributed by atoms with Crippen LogP contribution in [0.2, 0.25) is 0 Å². The molecule has 13 heteroatoms. The van der Waals surface area contributed by atoms with Gasteiger partial charge in [-0.2, -0.15) is 18.4 Å². The fourth-order valence-electron chi connectivity index (χ4n) is 3.97. The van der Waals surface area contributed by atoms with Crippen LogP contribution in [0.1, 0.15) is 24.0 Å². The highest BCUT2D eigenvalue weighted by Crippen LogP contribution is 2.43. The third kappa shape index (κ3) is 4.11. The third-order valence-electron chi connectivity index (χ3n) is 5.58. The van der Waals surface area contributed by atoms with E-state index in [1.54, 1.807) is 24.3 Å². The van der Waals surface area contributed by atoms with Crippen molar-refractivity contribution in [3.8, 4) is 22.5 Å². The first-order valence-corrected chi connectivity index (χ1v) is 11.2. The van der Waals surface area contributed by atoms with Gasteiger partial charge in [-0.3, -0.25) is 0 Å². The Kier molecular flexibility index (Phi) is 5.53. The number of alkyl halides is 3. The molecule has 9 nitrogen and oxygen atoms in total. The molecular formula is C19H20F3N7O2S. The maximum atomic E-state index is 13.6. The van der Waals surface area contributed by atoms with Crippen molar-refractivity contribution >= 4 is 10.0 Å². The van der Waals surface area contributed by atoms with E-state index in [1.807, 2.05) is 0 Å². The van der Waals surface area contributed by atoms with E-state index in [2.05, 4.69) is 25.9 Å². The number of halogens is 3. The minimum absolute atomic E-state index is 0.159. The number of nitrogens with one attached hydrogen (secondary N) is 2. The summed E-state index contributed by atoms with van der Waals surface area (Å²) in [6, 6.07) is 8.77. The summed E-state index contributed by atoms with van der Waals surface area (Å²) in [4.78, 5) is -1.11. The number of rotatable bonds is 4. The van der Waals surface area contributed by atoms with E-state index in [9.17, 15) is 21.6 Å². The molecule has 2 heterocycles.